The molecule has 0 aromatic carbocycles. The molecule has 0 radical (unpaired) electrons. The topological polar surface area (TPSA) is 86.7 Å². The number of primary amides is 1. The Morgan fingerprint density at radius 3 is 2.94 bits per heavy atom. The van der Waals surface area contributed by atoms with Gasteiger partial charge in [-0.2, -0.15) is 0 Å². The lowest BCUT2D eigenvalue weighted by Gasteiger charge is -2.07. The van der Waals surface area contributed by atoms with Crippen molar-refractivity contribution in [2.75, 3.05) is 0 Å². The molecule has 0 aliphatic carbocycles. The summed E-state index contributed by atoms with van der Waals surface area (Å²) in [6.07, 6.45) is 6.48. The van der Waals surface area contributed by atoms with Gasteiger partial charge >= 0.3 is 0 Å². The summed E-state index contributed by atoms with van der Waals surface area (Å²) in [4.78, 5) is 23.6. The van der Waals surface area contributed by atoms with Gasteiger partial charge in [-0.15, -0.1) is 0 Å². The summed E-state index contributed by atoms with van der Waals surface area (Å²) in [5.41, 5.74) is 7.74. The predicted molar refractivity (Wildman–Crippen MR) is 65.2 cm³/mol. The quantitative estimate of drug-likeness (QED) is 0.720. The first kappa shape index (κ1) is 10.4. The molecule has 1 amide bonds. The number of hydrogen-bond donors (Lipinski definition) is 1. The molecule has 0 bridgehead atoms. The minimum atomic E-state index is -0.568. The van der Waals surface area contributed by atoms with Crippen molar-refractivity contribution in [3.63, 3.8) is 0 Å². The van der Waals surface area contributed by atoms with Crippen LogP contribution in [0.3, 0.4) is 0 Å². The van der Waals surface area contributed by atoms with Gasteiger partial charge in [0.05, 0.1) is 17.4 Å². The molecule has 0 atom stereocenters. The summed E-state index contributed by atoms with van der Waals surface area (Å²) in [7, 11) is 0. The number of fused-ring (bicyclic) bond motifs is 1. The van der Waals surface area contributed by atoms with E-state index in [0.717, 1.165) is 11.0 Å². The van der Waals surface area contributed by atoms with Crippen LogP contribution in [0.4, 0.5) is 0 Å². The van der Waals surface area contributed by atoms with E-state index in [0.29, 0.717) is 5.69 Å². The molecule has 0 fully saturated rings. The number of amides is 1. The number of imidazole rings is 1. The molecule has 3 aromatic rings. The van der Waals surface area contributed by atoms with Gasteiger partial charge in [-0.25, -0.2) is 9.97 Å². The van der Waals surface area contributed by atoms with E-state index in [9.17, 15) is 4.79 Å². The maximum Gasteiger partial charge on any atom is 0.269 e. The van der Waals surface area contributed by atoms with Gasteiger partial charge < -0.3 is 5.73 Å². The van der Waals surface area contributed by atoms with Crippen LogP contribution in [0.1, 0.15) is 10.5 Å². The number of pyridine rings is 2. The molecule has 88 valence electrons. The van der Waals surface area contributed by atoms with Crippen molar-refractivity contribution in [3.05, 3.63) is 48.8 Å². The number of aromatic nitrogens is 4. The molecule has 3 rings (SSSR count). The fourth-order valence-corrected chi connectivity index (χ4v) is 1.84. The highest BCUT2D eigenvalue weighted by atomic mass is 16.1. The van der Waals surface area contributed by atoms with Crippen LogP contribution in [0.15, 0.2) is 43.1 Å². The highest BCUT2D eigenvalue weighted by Crippen LogP contribution is 2.18. The van der Waals surface area contributed by atoms with E-state index in [4.69, 9.17) is 5.73 Å². The molecule has 2 N–H and O–H groups in total. The summed E-state index contributed by atoms with van der Waals surface area (Å²) in [5.74, 6) is -0.568. The second-order valence-electron chi connectivity index (χ2n) is 3.71. The monoisotopic (exact) mass is 239 g/mol. The van der Waals surface area contributed by atoms with E-state index >= 15 is 0 Å². The lowest BCUT2D eigenvalue weighted by atomic mass is 10.2. The molecule has 0 saturated carbocycles. The van der Waals surface area contributed by atoms with Gasteiger partial charge in [0.15, 0.2) is 5.69 Å². The van der Waals surface area contributed by atoms with Crippen molar-refractivity contribution in [2.24, 2.45) is 5.73 Å². The highest BCUT2D eigenvalue weighted by molar-refractivity contribution is 5.95. The molecule has 6 nitrogen and oxygen atoms in total. The largest absolute Gasteiger partial charge is 0.364 e. The third-order valence-electron chi connectivity index (χ3n) is 2.63. The van der Waals surface area contributed by atoms with E-state index < -0.39 is 5.91 Å². The van der Waals surface area contributed by atoms with Crippen LogP contribution in [0.5, 0.6) is 0 Å². The van der Waals surface area contributed by atoms with E-state index in [-0.39, 0.29) is 5.69 Å². The molecule has 0 aliphatic heterocycles. The number of rotatable bonds is 2. The van der Waals surface area contributed by atoms with Crippen LogP contribution in [0.25, 0.3) is 16.7 Å². The standard InChI is InChI=1S/C12H9N5O/c13-12(18)11-10(2-1-4-15-11)17-7-16-8-6-14-5-3-9(8)17/h1-7H,(H2,13,18). The van der Waals surface area contributed by atoms with Crippen molar-refractivity contribution >= 4 is 16.9 Å². The second-order valence-corrected chi connectivity index (χ2v) is 3.71. The van der Waals surface area contributed by atoms with Crippen LogP contribution in [0, 0.1) is 0 Å². The van der Waals surface area contributed by atoms with Gasteiger partial charge in [0.1, 0.15) is 11.8 Å². The summed E-state index contributed by atoms with van der Waals surface area (Å²) >= 11 is 0. The van der Waals surface area contributed by atoms with E-state index in [1.54, 1.807) is 35.4 Å². The first-order chi connectivity index (χ1) is 8.77. The van der Waals surface area contributed by atoms with Crippen molar-refractivity contribution < 1.29 is 4.79 Å². The molecule has 3 aromatic heterocycles. The molecule has 6 heteroatoms. The Kier molecular flexibility index (Phi) is 2.26. The van der Waals surface area contributed by atoms with Crippen LogP contribution < -0.4 is 5.73 Å². The first-order valence-corrected chi connectivity index (χ1v) is 5.29. The minimum Gasteiger partial charge on any atom is -0.364 e. The van der Waals surface area contributed by atoms with Crippen molar-refractivity contribution in [3.8, 4) is 5.69 Å². The third kappa shape index (κ3) is 1.51. The SMILES string of the molecule is NC(=O)c1ncccc1-n1cnc2cnccc21. The molecule has 0 spiro atoms. The molecule has 3 heterocycles. The fraction of sp³-hybridized carbons (Fsp3) is 0. The third-order valence-corrected chi connectivity index (χ3v) is 2.63. The van der Waals surface area contributed by atoms with Gasteiger partial charge in [-0.1, -0.05) is 0 Å². The van der Waals surface area contributed by atoms with Crippen LogP contribution in [0.2, 0.25) is 0 Å². The number of nitrogens with zero attached hydrogens (tertiary/aromatic N) is 4. The maximum absolute atomic E-state index is 11.4. The van der Waals surface area contributed by atoms with E-state index in [1.807, 2.05) is 6.07 Å². The molecular weight excluding hydrogens is 230 g/mol. The zero-order valence-electron chi connectivity index (χ0n) is 9.32. The maximum atomic E-state index is 11.4. The number of carbonyl (C=O) groups excluding carboxylic acids is 1. The van der Waals surface area contributed by atoms with Crippen LogP contribution in [-0.4, -0.2) is 25.4 Å². The van der Waals surface area contributed by atoms with E-state index in [2.05, 4.69) is 15.0 Å². The Morgan fingerprint density at radius 1 is 1.22 bits per heavy atom. The van der Waals surface area contributed by atoms with Gasteiger partial charge in [0, 0.05) is 12.4 Å². The number of hydrogen-bond acceptors (Lipinski definition) is 4. The second kappa shape index (κ2) is 3.92. The van der Waals surface area contributed by atoms with Crippen molar-refractivity contribution in [1.29, 1.82) is 0 Å². The molecule has 0 unspecified atom stereocenters. The number of nitrogens with two attached hydrogens (primary N) is 1. The minimum absolute atomic E-state index is 0.216. The smallest absolute Gasteiger partial charge is 0.269 e. The fourth-order valence-electron chi connectivity index (χ4n) is 1.84. The van der Waals surface area contributed by atoms with Crippen LogP contribution >= 0.6 is 0 Å². The lowest BCUT2D eigenvalue weighted by molar-refractivity contribution is 0.0995. The summed E-state index contributed by atoms with van der Waals surface area (Å²) in [5, 5.41) is 0. The van der Waals surface area contributed by atoms with Crippen molar-refractivity contribution in [2.45, 2.75) is 0 Å². The Labute approximate surface area is 102 Å². The summed E-state index contributed by atoms with van der Waals surface area (Å²) < 4.78 is 1.77. The first-order valence-electron chi connectivity index (χ1n) is 5.29. The Bertz CT molecular complexity index is 734. The van der Waals surface area contributed by atoms with Crippen LogP contribution in [-0.2, 0) is 0 Å². The van der Waals surface area contributed by atoms with Gasteiger partial charge in [-0.3, -0.25) is 14.3 Å². The molecule has 0 aliphatic rings. The predicted octanol–water partition coefficient (Wildman–Crippen LogP) is 0.914. The van der Waals surface area contributed by atoms with Gasteiger partial charge in [0.2, 0.25) is 0 Å². The lowest BCUT2D eigenvalue weighted by Crippen LogP contribution is -2.16. The van der Waals surface area contributed by atoms with E-state index in [1.165, 1.54) is 6.20 Å². The Balaban J connectivity index is 2.30. The normalized spacial score (nSPS) is 10.7. The molecule has 18 heavy (non-hydrogen) atoms. The Hall–Kier alpha value is -2.76. The van der Waals surface area contributed by atoms with Gasteiger partial charge in [-0.05, 0) is 18.2 Å². The van der Waals surface area contributed by atoms with Gasteiger partial charge in [0.25, 0.3) is 5.91 Å². The zero-order valence-corrected chi connectivity index (χ0v) is 9.32. The highest BCUT2D eigenvalue weighted by Gasteiger charge is 2.12. The zero-order chi connectivity index (χ0) is 12.5. The summed E-state index contributed by atoms with van der Waals surface area (Å²) in [6.45, 7) is 0. The molecular formula is C12H9N5O. The van der Waals surface area contributed by atoms with Crippen molar-refractivity contribution in [1.82, 2.24) is 19.5 Å². The Morgan fingerprint density at radius 2 is 2.11 bits per heavy atom. The summed E-state index contributed by atoms with van der Waals surface area (Å²) in [6, 6.07) is 5.34. The average molecular weight is 239 g/mol. The average Bonchev–Trinajstić information content (AvgIpc) is 2.82. The number of carbonyl (C=O) groups is 1. The molecule has 0 saturated heterocycles.